The van der Waals surface area contributed by atoms with Crippen LogP contribution in [0.1, 0.15) is 12.0 Å². The number of aryl methyl sites for hydroxylation is 1. The lowest BCUT2D eigenvalue weighted by molar-refractivity contribution is -0.116. The summed E-state index contributed by atoms with van der Waals surface area (Å²) in [7, 11) is 0. The Hall–Kier alpha value is -1.06. The van der Waals surface area contributed by atoms with E-state index in [1.165, 1.54) is 0 Å². The van der Waals surface area contributed by atoms with Crippen molar-refractivity contribution in [2.45, 2.75) is 13.3 Å². The lowest BCUT2D eigenvalue weighted by Gasteiger charge is -2.06. The highest BCUT2D eigenvalue weighted by Gasteiger charge is 2.04. The van der Waals surface area contributed by atoms with E-state index in [-0.39, 0.29) is 5.91 Å². The molecular weight excluding hydrogens is 200 g/mol. The molecule has 0 saturated carbocycles. The number of anilines is 1. The summed E-state index contributed by atoms with van der Waals surface area (Å²) in [5, 5.41) is 3.24. The van der Waals surface area contributed by atoms with Crippen LogP contribution in [-0.4, -0.2) is 12.5 Å². The maximum atomic E-state index is 11.2. The molecule has 3 N–H and O–H groups in total. The van der Waals surface area contributed by atoms with Gasteiger partial charge in [0.05, 0.1) is 10.7 Å². The first kappa shape index (κ1) is 11.0. The second-order valence-electron chi connectivity index (χ2n) is 3.07. The van der Waals surface area contributed by atoms with Gasteiger partial charge in [-0.15, -0.1) is 0 Å². The molecule has 0 spiro atoms. The third-order valence-corrected chi connectivity index (χ3v) is 2.08. The first-order valence-electron chi connectivity index (χ1n) is 4.39. The molecule has 1 aromatic carbocycles. The number of carbonyl (C=O) groups is 1. The van der Waals surface area contributed by atoms with Crippen LogP contribution >= 0.6 is 11.6 Å². The van der Waals surface area contributed by atoms with Crippen LogP contribution in [0.5, 0.6) is 0 Å². The molecule has 0 radical (unpaired) electrons. The summed E-state index contributed by atoms with van der Waals surface area (Å²) >= 11 is 5.93. The Morgan fingerprint density at radius 1 is 1.57 bits per heavy atom. The molecule has 1 aromatic rings. The lowest BCUT2D eigenvalue weighted by Crippen LogP contribution is -2.16. The summed E-state index contributed by atoms with van der Waals surface area (Å²) in [6.07, 6.45) is 0.310. The van der Waals surface area contributed by atoms with E-state index in [2.05, 4.69) is 5.32 Å². The van der Waals surface area contributed by atoms with Crippen LogP contribution < -0.4 is 11.1 Å². The minimum absolute atomic E-state index is 0.113. The largest absolute Gasteiger partial charge is 0.330 e. The molecule has 0 heterocycles. The van der Waals surface area contributed by atoms with Crippen molar-refractivity contribution < 1.29 is 4.79 Å². The SMILES string of the molecule is Cc1ccc(NC(=O)CCN)c(Cl)c1. The van der Waals surface area contributed by atoms with Gasteiger partial charge in [-0.3, -0.25) is 4.79 Å². The Labute approximate surface area is 88.2 Å². The van der Waals surface area contributed by atoms with E-state index in [0.717, 1.165) is 5.56 Å². The van der Waals surface area contributed by atoms with Gasteiger partial charge < -0.3 is 11.1 Å². The van der Waals surface area contributed by atoms with Crippen molar-refractivity contribution in [1.29, 1.82) is 0 Å². The number of hydrogen-bond donors (Lipinski definition) is 2. The fourth-order valence-corrected chi connectivity index (χ4v) is 1.35. The highest BCUT2D eigenvalue weighted by Crippen LogP contribution is 2.22. The molecule has 1 amide bonds. The summed E-state index contributed by atoms with van der Waals surface area (Å²) in [4.78, 5) is 11.2. The van der Waals surface area contributed by atoms with E-state index in [1.807, 2.05) is 13.0 Å². The van der Waals surface area contributed by atoms with Gasteiger partial charge in [-0.1, -0.05) is 17.7 Å². The van der Waals surface area contributed by atoms with Crippen molar-refractivity contribution in [2.24, 2.45) is 5.73 Å². The van der Waals surface area contributed by atoms with Gasteiger partial charge in [0.1, 0.15) is 0 Å². The van der Waals surface area contributed by atoms with Gasteiger partial charge in [0.2, 0.25) is 5.91 Å². The number of rotatable bonds is 3. The second kappa shape index (κ2) is 4.98. The Morgan fingerprint density at radius 3 is 2.86 bits per heavy atom. The van der Waals surface area contributed by atoms with Gasteiger partial charge in [-0.05, 0) is 24.6 Å². The van der Waals surface area contributed by atoms with Gasteiger partial charge in [-0.25, -0.2) is 0 Å². The third-order valence-electron chi connectivity index (χ3n) is 1.77. The maximum Gasteiger partial charge on any atom is 0.225 e. The minimum Gasteiger partial charge on any atom is -0.330 e. The standard InChI is InChI=1S/C10H13ClN2O/c1-7-2-3-9(8(11)6-7)13-10(14)4-5-12/h2-3,6H,4-5,12H2,1H3,(H,13,14). The molecular formula is C10H13ClN2O. The zero-order valence-corrected chi connectivity index (χ0v) is 8.77. The van der Waals surface area contributed by atoms with Crippen molar-refractivity contribution in [2.75, 3.05) is 11.9 Å². The van der Waals surface area contributed by atoms with Crippen LogP contribution in [0, 0.1) is 6.92 Å². The molecule has 0 aliphatic heterocycles. The summed E-state index contributed by atoms with van der Waals surface area (Å²) in [6.45, 7) is 2.28. The average molecular weight is 213 g/mol. The highest BCUT2D eigenvalue weighted by atomic mass is 35.5. The molecule has 1 rings (SSSR count). The summed E-state index contributed by atoms with van der Waals surface area (Å²) in [5.74, 6) is -0.113. The third kappa shape index (κ3) is 3.01. The van der Waals surface area contributed by atoms with Crippen molar-refractivity contribution in [1.82, 2.24) is 0 Å². The molecule has 3 nitrogen and oxygen atoms in total. The van der Waals surface area contributed by atoms with Crippen LogP contribution in [0.3, 0.4) is 0 Å². The molecule has 14 heavy (non-hydrogen) atoms. The molecule has 0 aliphatic rings. The number of amides is 1. The smallest absolute Gasteiger partial charge is 0.225 e. The monoisotopic (exact) mass is 212 g/mol. The molecule has 76 valence electrons. The van der Waals surface area contributed by atoms with Crippen LogP contribution in [-0.2, 0) is 4.79 Å². The van der Waals surface area contributed by atoms with Gasteiger partial charge in [-0.2, -0.15) is 0 Å². The molecule has 0 aromatic heterocycles. The first-order valence-corrected chi connectivity index (χ1v) is 4.77. The summed E-state index contributed by atoms with van der Waals surface area (Å²) in [6, 6.07) is 5.48. The Morgan fingerprint density at radius 2 is 2.29 bits per heavy atom. The summed E-state index contributed by atoms with van der Waals surface area (Å²) < 4.78 is 0. The molecule has 4 heteroatoms. The van der Waals surface area contributed by atoms with Crippen molar-refractivity contribution in [3.63, 3.8) is 0 Å². The molecule has 0 bridgehead atoms. The average Bonchev–Trinajstić information content (AvgIpc) is 2.10. The summed E-state index contributed by atoms with van der Waals surface area (Å²) in [5.41, 5.74) is 6.95. The number of carbonyl (C=O) groups excluding carboxylic acids is 1. The van der Waals surface area contributed by atoms with E-state index in [1.54, 1.807) is 12.1 Å². The van der Waals surface area contributed by atoms with E-state index in [4.69, 9.17) is 17.3 Å². The van der Waals surface area contributed by atoms with E-state index in [0.29, 0.717) is 23.7 Å². The quantitative estimate of drug-likeness (QED) is 0.805. The number of nitrogens with two attached hydrogens (primary N) is 1. The highest BCUT2D eigenvalue weighted by molar-refractivity contribution is 6.33. The lowest BCUT2D eigenvalue weighted by atomic mass is 10.2. The molecule has 0 saturated heterocycles. The number of nitrogens with one attached hydrogen (secondary N) is 1. The number of hydrogen-bond acceptors (Lipinski definition) is 2. The van der Waals surface area contributed by atoms with Crippen molar-refractivity contribution in [3.05, 3.63) is 28.8 Å². The zero-order valence-electron chi connectivity index (χ0n) is 8.01. The van der Waals surface area contributed by atoms with Crippen molar-refractivity contribution >= 4 is 23.2 Å². The molecule has 0 fully saturated rings. The Balaban J connectivity index is 2.72. The predicted molar refractivity (Wildman–Crippen MR) is 58.5 cm³/mol. The Bertz CT molecular complexity index is 339. The Kier molecular flexibility index (Phi) is 3.92. The van der Waals surface area contributed by atoms with E-state index < -0.39 is 0 Å². The topological polar surface area (TPSA) is 55.1 Å². The van der Waals surface area contributed by atoms with Gasteiger partial charge >= 0.3 is 0 Å². The normalized spacial score (nSPS) is 9.93. The van der Waals surface area contributed by atoms with Gasteiger partial charge in [0.15, 0.2) is 0 Å². The van der Waals surface area contributed by atoms with E-state index >= 15 is 0 Å². The molecule has 0 aliphatic carbocycles. The minimum atomic E-state index is -0.113. The van der Waals surface area contributed by atoms with Crippen LogP contribution in [0.25, 0.3) is 0 Å². The number of benzene rings is 1. The fourth-order valence-electron chi connectivity index (χ4n) is 1.07. The maximum absolute atomic E-state index is 11.2. The van der Waals surface area contributed by atoms with Crippen LogP contribution in [0.15, 0.2) is 18.2 Å². The second-order valence-corrected chi connectivity index (χ2v) is 3.48. The van der Waals surface area contributed by atoms with Crippen LogP contribution in [0.2, 0.25) is 5.02 Å². The first-order chi connectivity index (χ1) is 6.63. The number of halogens is 1. The van der Waals surface area contributed by atoms with Gasteiger partial charge in [0, 0.05) is 13.0 Å². The van der Waals surface area contributed by atoms with E-state index in [9.17, 15) is 4.79 Å². The van der Waals surface area contributed by atoms with Crippen LogP contribution in [0.4, 0.5) is 5.69 Å². The zero-order chi connectivity index (χ0) is 10.6. The molecule has 0 atom stereocenters. The van der Waals surface area contributed by atoms with Gasteiger partial charge in [0.25, 0.3) is 0 Å². The molecule has 0 unspecified atom stereocenters. The fraction of sp³-hybridized carbons (Fsp3) is 0.300. The van der Waals surface area contributed by atoms with Crippen molar-refractivity contribution in [3.8, 4) is 0 Å². The predicted octanol–water partition coefficient (Wildman–Crippen LogP) is 1.94.